The van der Waals surface area contributed by atoms with E-state index < -0.39 is 0 Å². The van der Waals surface area contributed by atoms with Crippen LogP contribution in [0.5, 0.6) is 0 Å². The van der Waals surface area contributed by atoms with Crippen LogP contribution in [0.15, 0.2) is 65.7 Å². The molecule has 0 unspecified atom stereocenters. The van der Waals surface area contributed by atoms with Crippen LogP contribution in [0.25, 0.3) is 0 Å². The smallest absolute Gasteiger partial charge is 0.266 e. The number of amides is 1. The van der Waals surface area contributed by atoms with Gasteiger partial charge in [0.2, 0.25) is 0 Å². The van der Waals surface area contributed by atoms with E-state index >= 15 is 0 Å². The summed E-state index contributed by atoms with van der Waals surface area (Å²) < 4.78 is 0. The molecule has 0 saturated carbocycles. The lowest BCUT2D eigenvalue weighted by Crippen LogP contribution is -2.40. The predicted molar refractivity (Wildman–Crippen MR) is 105 cm³/mol. The molecule has 1 N–H and O–H groups in total. The number of carbonyl (C=O) groups is 1. The van der Waals surface area contributed by atoms with Gasteiger partial charge in [-0.05, 0) is 25.0 Å². The molecule has 0 aliphatic rings. The Morgan fingerprint density at radius 1 is 0.880 bits per heavy atom. The highest BCUT2D eigenvalue weighted by atomic mass is 16.2. The fraction of sp³-hybridized carbons (Fsp3) is 0.364. The molecule has 0 saturated heterocycles. The van der Waals surface area contributed by atoms with E-state index in [4.69, 9.17) is 4.99 Å². The van der Waals surface area contributed by atoms with Gasteiger partial charge in [-0.2, -0.15) is 0 Å². The summed E-state index contributed by atoms with van der Waals surface area (Å²) in [6.45, 7) is 10.1. The van der Waals surface area contributed by atoms with E-state index in [0.29, 0.717) is 5.71 Å². The van der Waals surface area contributed by atoms with Crippen molar-refractivity contribution >= 4 is 11.6 Å². The van der Waals surface area contributed by atoms with Gasteiger partial charge in [-0.25, -0.2) is 0 Å². The average molecular weight is 336 g/mol. The van der Waals surface area contributed by atoms with Crippen molar-refractivity contribution in [2.24, 2.45) is 10.4 Å². The zero-order chi connectivity index (χ0) is 18.4. The second-order valence-electron chi connectivity index (χ2n) is 7.42. The molecule has 3 heteroatoms. The van der Waals surface area contributed by atoms with Crippen molar-refractivity contribution in [3.8, 4) is 0 Å². The highest BCUT2D eigenvalue weighted by molar-refractivity contribution is 6.40. The first-order valence-corrected chi connectivity index (χ1v) is 8.78. The third-order valence-corrected chi connectivity index (χ3v) is 4.18. The van der Waals surface area contributed by atoms with Crippen LogP contribution in [-0.4, -0.2) is 11.6 Å². The minimum atomic E-state index is -0.330. The topological polar surface area (TPSA) is 41.5 Å². The summed E-state index contributed by atoms with van der Waals surface area (Å²) in [5.41, 5.74) is 2.43. The largest absolute Gasteiger partial charge is 0.344 e. The molecule has 2 rings (SSSR count). The van der Waals surface area contributed by atoms with Crippen LogP contribution in [0.4, 0.5) is 0 Å². The summed E-state index contributed by atoms with van der Waals surface area (Å²) in [5.74, 6) is -0.105. The van der Waals surface area contributed by atoms with E-state index in [0.717, 1.165) is 11.1 Å². The molecule has 132 valence electrons. The van der Waals surface area contributed by atoms with E-state index in [-0.39, 0.29) is 23.4 Å². The Balaban J connectivity index is 2.22. The predicted octanol–water partition coefficient (Wildman–Crippen LogP) is 5.11. The van der Waals surface area contributed by atoms with Crippen molar-refractivity contribution < 1.29 is 4.79 Å². The molecule has 1 amide bonds. The molecular weight excluding hydrogens is 308 g/mol. The van der Waals surface area contributed by atoms with Gasteiger partial charge in [0.05, 0.1) is 12.1 Å². The fourth-order valence-electron chi connectivity index (χ4n) is 2.68. The number of hydrogen-bond donors (Lipinski definition) is 1. The summed E-state index contributed by atoms with van der Waals surface area (Å²) in [7, 11) is 0. The van der Waals surface area contributed by atoms with Crippen LogP contribution in [0, 0.1) is 5.41 Å². The maximum absolute atomic E-state index is 12.9. The Morgan fingerprint density at radius 3 is 1.84 bits per heavy atom. The highest BCUT2D eigenvalue weighted by Crippen LogP contribution is 2.23. The minimum absolute atomic E-state index is 0.0618. The van der Waals surface area contributed by atoms with Gasteiger partial charge in [-0.15, -0.1) is 0 Å². The molecule has 0 bridgehead atoms. The molecule has 2 aromatic carbocycles. The normalized spacial score (nSPS) is 14.7. The molecule has 2 aromatic rings. The molecule has 0 aliphatic carbocycles. The summed E-state index contributed by atoms with van der Waals surface area (Å²) >= 11 is 0. The van der Waals surface area contributed by atoms with Crippen LogP contribution in [0.2, 0.25) is 0 Å². The van der Waals surface area contributed by atoms with Crippen molar-refractivity contribution in [3.05, 3.63) is 71.8 Å². The van der Waals surface area contributed by atoms with Crippen molar-refractivity contribution in [3.63, 3.8) is 0 Å². The van der Waals surface area contributed by atoms with Gasteiger partial charge < -0.3 is 5.32 Å². The second kappa shape index (κ2) is 8.11. The zero-order valence-electron chi connectivity index (χ0n) is 15.8. The van der Waals surface area contributed by atoms with Crippen LogP contribution >= 0.6 is 0 Å². The van der Waals surface area contributed by atoms with Crippen molar-refractivity contribution in [2.75, 3.05) is 0 Å². The Morgan fingerprint density at radius 2 is 1.36 bits per heavy atom. The number of aliphatic imine (C=N–C) groups is 1. The third kappa shape index (κ3) is 5.28. The first-order chi connectivity index (χ1) is 11.8. The van der Waals surface area contributed by atoms with Crippen LogP contribution in [0.3, 0.4) is 0 Å². The van der Waals surface area contributed by atoms with E-state index in [1.807, 2.05) is 95.3 Å². The second-order valence-corrected chi connectivity index (χ2v) is 7.42. The quantitative estimate of drug-likeness (QED) is 0.757. The third-order valence-electron chi connectivity index (χ3n) is 4.18. The standard InChI is InChI=1S/C22H28N2O/c1-16(18-12-8-6-9-13-18)23-20(22(3,4)5)21(25)24-17(2)19-14-10-7-11-15-19/h6-17H,1-5H3,(H,24,25)/b23-20+/t16-,17-/m1/s1. The average Bonchev–Trinajstić information content (AvgIpc) is 2.59. The number of nitrogens with zero attached hydrogens (tertiary/aromatic N) is 1. The van der Waals surface area contributed by atoms with Crippen LogP contribution in [-0.2, 0) is 4.79 Å². The van der Waals surface area contributed by atoms with Gasteiger partial charge >= 0.3 is 0 Å². The molecule has 2 atom stereocenters. The molecule has 0 aliphatic heterocycles. The van der Waals surface area contributed by atoms with E-state index in [2.05, 4.69) is 5.32 Å². The lowest BCUT2D eigenvalue weighted by Gasteiger charge is -2.24. The van der Waals surface area contributed by atoms with E-state index in [9.17, 15) is 4.79 Å². The van der Waals surface area contributed by atoms with Crippen LogP contribution < -0.4 is 5.32 Å². The van der Waals surface area contributed by atoms with E-state index in [1.54, 1.807) is 0 Å². The van der Waals surface area contributed by atoms with Gasteiger partial charge in [0.25, 0.3) is 5.91 Å². The van der Waals surface area contributed by atoms with Crippen LogP contribution in [0.1, 0.15) is 57.8 Å². The minimum Gasteiger partial charge on any atom is -0.344 e. The molecule has 0 aromatic heterocycles. The Kier molecular flexibility index (Phi) is 6.13. The molecule has 0 heterocycles. The molecular formula is C22H28N2O. The van der Waals surface area contributed by atoms with Gasteiger partial charge in [0.15, 0.2) is 0 Å². The summed E-state index contributed by atoms with van der Waals surface area (Å²) in [6.07, 6.45) is 0. The summed E-state index contributed by atoms with van der Waals surface area (Å²) in [4.78, 5) is 17.7. The molecule has 0 spiro atoms. The fourth-order valence-corrected chi connectivity index (χ4v) is 2.68. The Hall–Kier alpha value is -2.42. The Bertz CT molecular complexity index is 715. The van der Waals surface area contributed by atoms with E-state index in [1.165, 1.54) is 0 Å². The monoisotopic (exact) mass is 336 g/mol. The number of nitrogens with one attached hydrogen (secondary N) is 1. The molecule has 0 radical (unpaired) electrons. The van der Waals surface area contributed by atoms with Gasteiger partial charge in [0.1, 0.15) is 5.71 Å². The first kappa shape index (κ1) is 18.9. The van der Waals surface area contributed by atoms with Gasteiger partial charge in [0, 0.05) is 5.41 Å². The lowest BCUT2D eigenvalue weighted by atomic mass is 9.88. The molecule has 3 nitrogen and oxygen atoms in total. The zero-order valence-corrected chi connectivity index (χ0v) is 15.8. The van der Waals surface area contributed by atoms with Gasteiger partial charge in [-0.3, -0.25) is 9.79 Å². The number of carbonyl (C=O) groups excluding carboxylic acids is 1. The highest BCUT2D eigenvalue weighted by Gasteiger charge is 2.27. The van der Waals surface area contributed by atoms with Crippen molar-refractivity contribution in [2.45, 2.75) is 46.7 Å². The SMILES string of the molecule is C[C@@H](/N=C(\C(=O)N[C@H](C)c1ccccc1)C(C)(C)C)c1ccccc1. The van der Waals surface area contributed by atoms with Crippen molar-refractivity contribution in [1.82, 2.24) is 5.32 Å². The Labute approximate surface area is 151 Å². The number of rotatable bonds is 5. The maximum atomic E-state index is 12.9. The van der Waals surface area contributed by atoms with Gasteiger partial charge in [-0.1, -0.05) is 81.4 Å². The lowest BCUT2D eigenvalue weighted by molar-refractivity contribution is -0.115. The molecule has 0 fully saturated rings. The summed E-state index contributed by atoms with van der Waals surface area (Å²) in [6, 6.07) is 19.9. The number of benzene rings is 2. The molecule has 25 heavy (non-hydrogen) atoms. The maximum Gasteiger partial charge on any atom is 0.266 e. The number of hydrogen-bond acceptors (Lipinski definition) is 2. The summed E-state index contributed by atoms with van der Waals surface area (Å²) in [5, 5.41) is 3.09. The van der Waals surface area contributed by atoms with Crippen molar-refractivity contribution in [1.29, 1.82) is 0 Å². The first-order valence-electron chi connectivity index (χ1n) is 8.78.